The van der Waals surface area contributed by atoms with Crippen LogP contribution in [0.25, 0.3) is 0 Å². The van der Waals surface area contributed by atoms with Crippen molar-refractivity contribution in [3.63, 3.8) is 0 Å². The summed E-state index contributed by atoms with van der Waals surface area (Å²) in [6.07, 6.45) is 8.36. The number of hydrogen-bond donors (Lipinski definition) is 2. The summed E-state index contributed by atoms with van der Waals surface area (Å²) in [5, 5.41) is 2.59. The largest absolute Gasteiger partial charge is 0.462 e. The number of carbonyl (C=O) groups is 1. The van der Waals surface area contributed by atoms with Crippen LogP contribution in [-0.2, 0) is 10.3 Å². The van der Waals surface area contributed by atoms with Crippen molar-refractivity contribution in [3.8, 4) is 18.2 Å². The van der Waals surface area contributed by atoms with Crippen molar-refractivity contribution in [2.24, 2.45) is 16.6 Å². The van der Waals surface area contributed by atoms with Gasteiger partial charge >= 0.3 is 0 Å². The smallest absolute Gasteiger partial charge is 0.284 e. The molecule has 1 aliphatic carbocycles. The van der Waals surface area contributed by atoms with Crippen molar-refractivity contribution in [1.82, 2.24) is 9.97 Å². The monoisotopic (exact) mass is 399 g/mol. The molecule has 2 aliphatic rings. The third kappa shape index (κ3) is 3.31. The molecule has 0 radical (unpaired) electrons. The number of aliphatic imine (C=N–C) groups is 1. The molecular formula is C19H15F2N5O3. The van der Waals surface area contributed by atoms with E-state index in [2.05, 4.69) is 30.9 Å². The first-order valence-corrected chi connectivity index (χ1v) is 8.59. The SMILES string of the molecule is C#C[C@]1(c2cc(NC(=O)c3cnc(OCF)cn3)ccc2F)N=C(N)O[C@@H]2C[C@@H]21. The van der Waals surface area contributed by atoms with Gasteiger partial charge in [-0.15, -0.1) is 6.42 Å². The topological polar surface area (TPSA) is 112 Å². The number of hydrogen-bond acceptors (Lipinski definition) is 7. The van der Waals surface area contributed by atoms with Crippen LogP contribution in [0.3, 0.4) is 0 Å². The Hall–Kier alpha value is -3.74. The molecule has 1 fully saturated rings. The molecule has 1 aliphatic heterocycles. The third-order valence-electron chi connectivity index (χ3n) is 4.75. The predicted octanol–water partition coefficient (Wildman–Crippen LogP) is 1.74. The summed E-state index contributed by atoms with van der Waals surface area (Å²) >= 11 is 0. The molecule has 4 rings (SSSR count). The second kappa shape index (κ2) is 7.01. The molecule has 1 amide bonds. The molecule has 3 N–H and O–H groups in total. The first-order chi connectivity index (χ1) is 14.0. The van der Waals surface area contributed by atoms with Crippen LogP contribution in [0.4, 0.5) is 14.5 Å². The Labute approximate surface area is 164 Å². The fourth-order valence-corrected chi connectivity index (χ4v) is 3.31. The Morgan fingerprint density at radius 3 is 2.97 bits per heavy atom. The summed E-state index contributed by atoms with van der Waals surface area (Å²) < 4.78 is 36.7. The number of nitrogens with one attached hydrogen (secondary N) is 1. The lowest BCUT2D eigenvalue weighted by Gasteiger charge is -2.29. The van der Waals surface area contributed by atoms with Crippen LogP contribution in [0.1, 0.15) is 22.5 Å². The minimum absolute atomic E-state index is 0.0377. The number of anilines is 1. The fourth-order valence-electron chi connectivity index (χ4n) is 3.31. The van der Waals surface area contributed by atoms with E-state index in [0.717, 1.165) is 12.4 Å². The molecule has 0 saturated heterocycles. The number of alkyl halides is 1. The van der Waals surface area contributed by atoms with Crippen molar-refractivity contribution in [2.75, 3.05) is 12.2 Å². The summed E-state index contributed by atoms with van der Waals surface area (Å²) in [4.78, 5) is 24.2. The molecule has 2 aromatic rings. The fraction of sp³-hybridized carbons (Fsp3) is 0.263. The Morgan fingerprint density at radius 2 is 2.28 bits per heavy atom. The average molecular weight is 399 g/mol. The number of halogens is 2. The molecule has 148 valence electrons. The van der Waals surface area contributed by atoms with Crippen molar-refractivity contribution in [3.05, 3.63) is 47.7 Å². The zero-order valence-corrected chi connectivity index (χ0v) is 14.9. The van der Waals surface area contributed by atoms with E-state index in [1.54, 1.807) is 0 Å². The van der Waals surface area contributed by atoms with Crippen LogP contribution in [0.2, 0.25) is 0 Å². The summed E-state index contributed by atoms with van der Waals surface area (Å²) in [5.41, 5.74) is 4.77. The molecular weight excluding hydrogens is 384 g/mol. The number of rotatable bonds is 5. The summed E-state index contributed by atoms with van der Waals surface area (Å²) in [5.74, 6) is 1.13. The molecule has 3 atom stereocenters. The van der Waals surface area contributed by atoms with E-state index in [9.17, 15) is 13.6 Å². The molecule has 0 spiro atoms. The lowest BCUT2D eigenvalue weighted by Crippen LogP contribution is -2.37. The average Bonchev–Trinajstić information content (AvgIpc) is 3.49. The van der Waals surface area contributed by atoms with Crippen LogP contribution in [0.15, 0.2) is 35.6 Å². The van der Waals surface area contributed by atoms with Gasteiger partial charge in [0.15, 0.2) is 5.54 Å². The Balaban J connectivity index is 1.61. The first-order valence-electron chi connectivity index (χ1n) is 8.59. The quantitative estimate of drug-likeness (QED) is 0.741. The standard InChI is InChI=1S/C19H15F2N5O3/c1-2-19(12-6-15(12)29-18(22)26-19)11-5-10(3-4-13(11)21)25-17(27)14-7-24-16(8-23-14)28-9-20/h1,3-5,7-8,12,15H,6,9H2,(H2,22,26)(H,25,27)/t12-,15+,19+/m0/s1. The number of nitrogens with zero attached hydrogens (tertiary/aromatic N) is 3. The molecule has 0 bridgehead atoms. The minimum atomic E-state index is -1.30. The van der Waals surface area contributed by atoms with E-state index in [-0.39, 0.29) is 40.9 Å². The molecule has 10 heteroatoms. The second-order valence-electron chi connectivity index (χ2n) is 6.50. The second-order valence-corrected chi connectivity index (χ2v) is 6.50. The Morgan fingerprint density at radius 1 is 1.45 bits per heavy atom. The van der Waals surface area contributed by atoms with Gasteiger partial charge in [-0.3, -0.25) is 4.79 Å². The maximum atomic E-state index is 14.7. The van der Waals surface area contributed by atoms with E-state index in [1.807, 2.05) is 0 Å². The van der Waals surface area contributed by atoms with Gasteiger partial charge in [0.25, 0.3) is 11.9 Å². The Kier molecular flexibility index (Phi) is 4.50. The Bertz CT molecular complexity index is 1040. The summed E-state index contributed by atoms with van der Waals surface area (Å²) in [6.45, 7) is -1.06. The lowest BCUT2D eigenvalue weighted by molar-refractivity contribution is 0.102. The normalized spacial score (nSPS) is 24.4. The number of carbonyl (C=O) groups excluding carboxylic acids is 1. The van der Waals surface area contributed by atoms with Crippen LogP contribution in [0.5, 0.6) is 5.88 Å². The molecule has 1 aromatic carbocycles. The van der Waals surface area contributed by atoms with E-state index in [4.69, 9.17) is 16.9 Å². The molecule has 29 heavy (non-hydrogen) atoms. The predicted molar refractivity (Wildman–Crippen MR) is 98.1 cm³/mol. The number of fused-ring (bicyclic) bond motifs is 1. The van der Waals surface area contributed by atoms with Crippen LogP contribution >= 0.6 is 0 Å². The number of aromatic nitrogens is 2. The van der Waals surface area contributed by atoms with E-state index < -0.39 is 24.1 Å². The summed E-state index contributed by atoms with van der Waals surface area (Å²) in [6, 6.07) is 3.89. The number of terminal acetylenes is 1. The van der Waals surface area contributed by atoms with Crippen LogP contribution in [0, 0.1) is 24.1 Å². The highest BCUT2D eigenvalue weighted by Crippen LogP contribution is 2.53. The summed E-state index contributed by atoms with van der Waals surface area (Å²) in [7, 11) is 0. The zero-order valence-electron chi connectivity index (χ0n) is 14.9. The van der Waals surface area contributed by atoms with Gasteiger partial charge in [-0.25, -0.2) is 23.7 Å². The van der Waals surface area contributed by atoms with E-state index in [1.165, 1.54) is 18.2 Å². The third-order valence-corrected chi connectivity index (χ3v) is 4.75. The highest BCUT2D eigenvalue weighted by molar-refractivity contribution is 6.02. The van der Waals surface area contributed by atoms with E-state index >= 15 is 0 Å². The van der Waals surface area contributed by atoms with Crippen molar-refractivity contribution < 1.29 is 23.0 Å². The molecule has 1 aromatic heterocycles. The van der Waals surface area contributed by atoms with Crippen LogP contribution < -0.4 is 15.8 Å². The molecule has 2 heterocycles. The van der Waals surface area contributed by atoms with Gasteiger partial charge in [0.2, 0.25) is 12.7 Å². The lowest BCUT2D eigenvalue weighted by atomic mass is 9.85. The number of ether oxygens (including phenoxy) is 2. The highest BCUT2D eigenvalue weighted by Gasteiger charge is 2.59. The molecule has 0 unspecified atom stereocenters. The molecule has 1 saturated carbocycles. The zero-order chi connectivity index (χ0) is 20.6. The maximum absolute atomic E-state index is 14.7. The number of benzene rings is 1. The van der Waals surface area contributed by atoms with Gasteiger partial charge in [0.1, 0.15) is 17.6 Å². The van der Waals surface area contributed by atoms with Crippen molar-refractivity contribution in [2.45, 2.75) is 18.1 Å². The van der Waals surface area contributed by atoms with E-state index in [0.29, 0.717) is 6.42 Å². The van der Waals surface area contributed by atoms with Crippen LogP contribution in [-0.4, -0.2) is 34.9 Å². The maximum Gasteiger partial charge on any atom is 0.284 e. The first kappa shape index (κ1) is 18.6. The minimum Gasteiger partial charge on any atom is -0.462 e. The van der Waals surface area contributed by atoms with Gasteiger partial charge in [-0.1, -0.05) is 5.92 Å². The van der Waals surface area contributed by atoms with Crippen molar-refractivity contribution >= 4 is 17.6 Å². The number of amidine groups is 1. The van der Waals surface area contributed by atoms with Gasteiger partial charge in [-0.2, -0.15) is 0 Å². The van der Waals surface area contributed by atoms with Gasteiger partial charge in [-0.05, 0) is 24.6 Å². The highest BCUT2D eigenvalue weighted by atomic mass is 19.1. The van der Waals surface area contributed by atoms with Gasteiger partial charge < -0.3 is 20.5 Å². The number of amides is 1. The van der Waals surface area contributed by atoms with Gasteiger partial charge in [0, 0.05) is 17.2 Å². The van der Waals surface area contributed by atoms with Gasteiger partial charge in [0.05, 0.1) is 12.4 Å². The number of nitrogens with two attached hydrogens (primary N) is 1. The van der Waals surface area contributed by atoms with Crippen molar-refractivity contribution in [1.29, 1.82) is 0 Å². The molecule has 8 nitrogen and oxygen atoms in total.